The van der Waals surface area contributed by atoms with Crippen LogP contribution in [0, 0.1) is 0 Å². The van der Waals surface area contributed by atoms with E-state index in [9.17, 15) is 14.7 Å². The van der Waals surface area contributed by atoms with Gasteiger partial charge in [-0.15, -0.1) is 0 Å². The Kier molecular flexibility index (Phi) is 10.6. The van der Waals surface area contributed by atoms with Crippen molar-refractivity contribution < 1.29 is 29.3 Å². The summed E-state index contributed by atoms with van der Waals surface area (Å²) < 4.78 is 9.77. The predicted molar refractivity (Wildman–Crippen MR) is 89.7 cm³/mol. The minimum Gasteiger partial charge on any atom is -0.467 e. The van der Waals surface area contributed by atoms with E-state index in [1.165, 1.54) is 7.11 Å². The topological polar surface area (TPSA) is 154 Å². The maximum atomic E-state index is 11.8. The number of esters is 1. The molecule has 144 valence electrons. The fourth-order valence-corrected chi connectivity index (χ4v) is 2.04. The second-order valence-corrected chi connectivity index (χ2v) is 6.53. The summed E-state index contributed by atoms with van der Waals surface area (Å²) in [5, 5.41) is 24.6. The van der Waals surface area contributed by atoms with E-state index in [0.717, 1.165) is 0 Å². The number of ether oxygens (including phenoxy) is 2. The number of alkyl carbamates (subject to hydrolysis) is 1. The Morgan fingerprint density at radius 1 is 1.28 bits per heavy atom. The van der Waals surface area contributed by atoms with Crippen LogP contribution in [0.5, 0.6) is 0 Å². The van der Waals surface area contributed by atoms with Gasteiger partial charge in [-0.3, -0.25) is 0 Å². The SMILES string of the molecule is COC(=O)[C@H](CCCC[C@H](O)[C@H](CO)N=[N+]=[N-])NC(=O)OC(C)(C)C. The first-order valence-corrected chi connectivity index (χ1v) is 8.05. The summed E-state index contributed by atoms with van der Waals surface area (Å²) >= 11 is 0. The van der Waals surface area contributed by atoms with Gasteiger partial charge >= 0.3 is 12.1 Å². The molecule has 0 spiro atoms. The summed E-state index contributed by atoms with van der Waals surface area (Å²) in [6.07, 6.45) is -0.111. The molecule has 0 aromatic heterocycles. The van der Waals surface area contributed by atoms with E-state index in [-0.39, 0.29) is 6.42 Å². The van der Waals surface area contributed by atoms with Crippen molar-refractivity contribution in [1.82, 2.24) is 5.32 Å². The normalized spacial score (nSPS) is 14.6. The number of azide groups is 1. The summed E-state index contributed by atoms with van der Waals surface area (Å²) in [6.45, 7) is 4.68. The highest BCUT2D eigenvalue weighted by Gasteiger charge is 2.25. The molecule has 0 aliphatic carbocycles. The Morgan fingerprint density at radius 3 is 2.36 bits per heavy atom. The number of nitrogens with zero attached hydrogens (tertiary/aromatic N) is 3. The summed E-state index contributed by atoms with van der Waals surface area (Å²) in [5.41, 5.74) is 7.66. The minimum atomic E-state index is -0.976. The van der Waals surface area contributed by atoms with Gasteiger partial charge in [-0.1, -0.05) is 18.0 Å². The quantitative estimate of drug-likeness (QED) is 0.177. The van der Waals surface area contributed by atoms with Crippen LogP contribution in [-0.2, 0) is 14.3 Å². The van der Waals surface area contributed by atoms with E-state index in [4.69, 9.17) is 15.4 Å². The Morgan fingerprint density at radius 2 is 1.88 bits per heavy atom. The van der Waals surface area contributed by atoms with Crippen LogP contribution in [-0.4, -0.2) is 59.8 Å². The van der Waals surface area contributed by atoms with Crippen LogP contribution in [0.2, 0.25) is 0 Å². The van der Waals surface area contributed by atoms with E-state index < -0.39 is 42.5 Å². The molecule has 0 saturated carbocycles. The number of hydrogen-bond donors (Lipinski definition) is 3. The first kappa shape index (κ1) is 23.0. The van der Waals surface area contributed by atoms with Crippen molar-refractivity contribution in [3.05, 3.63) is 10.4 Å². The third-order valence-corrected chi connectivity index (χ3v) is 3.25. The molecular formula is C15H28N4O6. The third-order valence-electron chi connectivity index (χ3n) is 3.25. The second-order valence-electron chi connectivity index (χ2n) is 6.53. The van der Waals surface area contributed by atoms with Crippen LogP contribution in [0.3, 0.4) is 0 Å². The van der Waals surface area contributed by atoms with Crippen LogP contribution in [0.1, 0.15) is 46.5 Å². The number of aliphatic hydroxyl groups excluding tert-OH is 2. The molecule has 0 unspecified atom stereocenters. The van der Waals surface area contributed by atoms with Crippen molar-refractivity contribution >= 4 is 12.1 Å². The lowest BCUT2D eigenvalue weighted by Gasteiger charge is -2.22. The summed E-state index contributed by atoms with van der Waals surface area (Å²) in [6, 6.07) is -1.76. The van der Waals surface area contributed by atoms with Gasteiger partial charge in [0.1, 0.15) is 11.6 Å². The highest BCUT2D eigenvalue weighted by Crippen LogP contribution is 2.12. The van der Waals surface area contributed by atoms with Crippen molar-refractivity contribution in [2.45, 2.75) is 70.2 Å². The van der Waals surface area contributed by atoms with Gasteiger partial charge in [-0.2, -0.15) is 0 Å². The number of hydrogen-bond acceptors (Lipinski definition) is 7. The zero-order valence-corrected chi connectivity index (χ0v) is 15.1. The number of carbonyl (C=O) groups excluding carboxylic acids is 2. The van der Waals surface area contributed by atoms with Gasteiger partial charge in [0.05, 0.1) is 25.9 Å². The highest BCUT2D eigenvalue weighted by atomic mass is 16.6. The lowest BCUT2D eigenvalue weighted by molar-refractivity contribution is -0.143. The second kappa shape index (κ2) is 11.5. The molecule has 10 heteroatoms. The van der Waals surface area contributed by atoms with Crippen molar-refractivity contribution in [3.8, 4) is 0 Å². The number of amides is 1. The first-order chi connectivity index (χ1) is 11.6. The number of unbranched alkanes of at least 4 members (excludes halogenated alkanes) is 1. The van der Waals surface area contributed by atoms with Crippen LogP contribution in [0.15, 0.2) is 5.11 Å². The van der Waals surface area contributed by atoms with Crippen LogP contribution >= 0.6 is 0 Å². The molecule has 0 radical (unpaired) electrons. The molecule has 0 aliphatic rings. The molecule has 0 heterocycles. The predicted octanol–water partition coefficient (Wildman–Crippen LogP) is 1.65. The molecule has 3 N–H and O–H groups in total. The molecule has 0 bridgehead atoms. The molecule has 0 fully saturated rings. The Bertz CT molecular complexity index is 473. The number of carbonyl (C=O) groups is 2. The van der Waals surface area contributed by atoms with E-state index in [1.54, 1.807) is 20.8 Å². The molecule has 1 amide bonds. The zero-order chi connectivity index (χ0) is 19.5. The van der Waals surface area contributed by atoms with Crippen LogP contribution in [0.4, 0.5) is 4.79 Å². The molecule has 10 nitrogen and oxygen atoms in total. The smallest absolute Gasteiger partial charge is 0.408 e. The maximum Gasteiger partial charge on any atom is 0.408 e. The third kappa shape index (κ3) is 10.4. The van der Waals surface area contributed by atoms with Gasteiger partial charge in [0, 0.05) is 4.91 Å². The van der Waals surface area contributed by atoms with Crippen LogP contribution < -0.4 is 5.32 Å². The van der Waals surface area contributed by atoms with Crippen molar-refractivity contribution in [2.24, 2.45) is 5.11 Å². The van der Waals surface area contributed by atoms with E-state index >= 15 is 0 Å². The number of nitrogens with one attached hydrogen (secondary N) is 1. The van der Waals surface area contributed by atoms with Crippen molar-refractivity contribution in [1.29, 1.82) is 0 Å². The van der Waals surface area contributed by atoms with Gasteiger partial charge in [0.2, 0.25) is 0 Å². The first-order valence-electron chi connectivity index (χ1n) is 8.05. The summed E-state index contributed by atoms with van der Waals surface area (Å²) in [5.74, 6) is -0.589. The number of aliphatic hydroxyl groups is 2. The van der Waals surface area contributed by atoms with E-state index in [1.807, 2.05) is 0 Å². The molecule has 0 rings (SSSR count). The van der Waals surface area contributed by atoms with Gasteiger partial charge in [0.15, 0.2) is 0 Å². The summed E-state index contributed by atoms with van der Waals surface area (Å²) in [7, 11) is 1.22. The summed E-state index contributed by atoms with van der Waals surface area (Å²) in [4.78, 5) is 26.1. The highest BCUT2D eigenvalue weighted by molar-refractivity contribution is 5.81. The Hall–Kier alpha value is -2.03. The van der Waals surface area contributed by atoms with Gasteiger partial charge in [-0.05, 0) is 39.1 Å². The fraction of sp³-hybridized carbons (Fsp3) is 0.867. The molecule has 0 aliphatic heterocycles. The monoisotopic (exact) mass is 360 g/mol. The lowest BCUT2D eigenvalue weighted by atomic mass is 10.0. The van der Waals surface area contributed by atoms with Gasteiger partial charge < -0.3 is 25.0 Å². The fourth-order valence-electron chi connectivity index (χ4n) is 2.04. The average Bonchev–Trinajstić information content (AvgIpc) is 2.52. The largest absolute Gasteiger partial charge is 0.467 e. The zero-order valence-electron chi connectivity index (χ0n) is 15.1. The Balaban J connectivity index is 4.44. The molecule has 0 saturated heterocycles. The maximum absolute atomic E-state index is 11.8. The van der Waals surface area contributed by atoms with Gasteiger partial charge in [-0.25, -0.2) is 9.59 Å². The molecule has 3 atom stereocenters. The average molecular weight is 360 g/mol. The standard InChI is InChI=1S/C15H28N4O6/c1-15(2,3)25-14(23)17-10(13(22)24-4)7-5-6-8-12(21)11(9-20)18-19-16/h10-12,20-21H,5-9H2,1-4H3,(H,17,23)/t10-,11-,12-/m0/s1. The van der Waals surface area contributed by atoms with Crippen molar-refractivity contribution in [2.75, 3.05) is 13.7 Å². The number of methoxy groups -OCH3 is 1. The van der Waals surface area contributed by atoms with Crippen LogP contribution in [0.25, 0.3) is 10.4 Å². The Labute approximate surface area is 147 Å². The molecule has 25 heavy (non-hydrogen) atoms. The molecular weight excluding hydrogens is 332 g/mol. The molecule has 0 aromatic carbocycles. The van der Waals surface area contributed by atoms with Crippen molar-refractivity contribution in [3.63, 3.8) is 0 Å². The number of rotatable bonds is 10. The van der Waals surface area contributed by atoms with E-state index in [0.29, 0.717) is 19.3 Å². The van der Waals surface area contributed by atoms with E-state index in [2.05, 4.69) is 20.1 Å². The minimum absolute atomic E-state index is 0.282. The molecule has 0 aromatic rings. The lowest BCUT2D eigenvalue weighted by Crippen LogP contribution is -2.44. The van der Waals surface area contributed by atoms with Gasteiger partial charge in [0.25, 0.3) is 0 Å².